The van der Waals surface area contributed by atoms with Gasteiger partial charge in [0.1, 0.15) is 0 Å². The van der Waals surface area contributed by atoms with E-state index in [1.165, 1.54) is 6.07 Å². The first-order valence-corrected chi connectivity index (χ1v) is 4.50. The maximum atomic E-state index is 13.2. The van der Waals surface area contributed by atoms with Crippen molar-refractivity contribution in [2.45, 2.75) is 25.8 Å². The molecule has 15 heavy (non-hydrogen) atoms. The van der Waals surface area contributed by atoms with Gasteiger partial charge in [-0.2, -0.15) is 0 Å². The lowest BCUT2D eigenvalue weighted by atomic mass is 10.0. The van der Waals surface area contributed by atoms with Crippen LogP contribution in [0, 0.1) is 11.6 Å². The van der Waals surface area contributed by atoms with Crippen LogP contribution in [0.5, 0.6) is 0 Å². The van der Waals surface area contributed by atoms with Gasteiger partial charge in [0.05, 0.1) is 0 Å². The van der Waals surface area contributed by atoms with Gasteiger partial charge in [-0.1, -0.05) is 0 Å². The highest BCUT2D eigenvalue weighted by molar-refractivity contribution is 5.85. The Balaban J connectivity index is 0.00000196. The molecule has 1 unspecified atom stereocenters. The number of benzene rings is 1. The molecule has 0 bridgehead atoms. The maximum absolute atomic E-state index is 13.2. The number of halogens is 3. The van der Waals surface area contributed by atoms with E-state index in [0.29, 0.717) is 12.8 Å². The minimum Gasteiger partial charge on any atom is -0.398 e. The molecule has 0 aromatic heterocycles. The highest BCUT2D eigenvalue weighted by Crippen LogP contribution is 2.20. The van der Waals surface area contributed by atoms with E-state index >= 15 is 0 Å². The van der Waals surface area contributed by atoms with Crippen molar-refractivity contribution >= 4 is 18.1 Å². The minimum absolute atomic E-state index is 0. The summed E-state index contributed by atoms with van der Waals surface area (Å²) in [4.78, 5) is 0. The van der Waals surface area contributed by atoms with Crippen LogP contribution in [-0.4, -0.2) is 6.04 Å². The van der Waals surface area contributed by atoms with Gasteiger partial charge >= 0.3 is 0 Å². The van der Waals surface area contributed by atoms with E-state index in [1.807, 2.05) is 6.92 Å². The molecule has 1 aromatic carbocycles. The molecule has 0 amide bonds. The van der Waals surface area contributed by atoms with Crippen molar-refractivity contribution in [1.82, 2.24) is 0 Å². The van der Waals surface area contributed by atoms with Crippen molar-refractivity contribution in [3.05, 3.63) is 29.3 Å². The van der Waals surface area contributed by atoms with Gasteiger partial charge in [0.2, 0.25) is 0 Å². The molecular formula is C10H15ClF2N2. The zero-order chi connectivity index (χ0) is 10.7. The van der Waals surface area contributed by atoms with Crippen molar-refractivity contribution in [1.29, 1.82) is 0 Å². The van der Waals surface area contributed by atoms with Gasteiger partial charge in [-0.05, 0) is 31.9 Å². The van der Waals surface area contributed by atoms with E-state index in [0.717, 1.165) is 6.07 Å². The average molecular weight is 237 g/mol. The molecule has 1 atom stereocenters. The summed E-state index contributed by atoms with van der Waals surface area (Å²) in [7, 11) is 0. The fourth-order valence-electron chi connectivity index (χ4n) is 1.23. The molecule has 0 aliphatic rings. The molecular weight excluding hydrogens is 222 g/mol. The van der Waals surface area contributed by atoms with Crippen molar-refractivity contribution in [2.75, 3.05) is 5.73 Å². The first kappa shape index (κ1) is 14.1. The van der Waals surface area contributed by atoms with Crippen LogP contribution < -0.4 is 11.5 Å². The Hall–Kier alpha value is -0.870. The van der Waals surface area contributed by atoms with Gasteiger partial charge in [0.15, 0.2) is 11.6 Å². The Bertz CT molecular complexity index is 329. The van der Waals surface area contributed by atoms with E-state index in [1.54, 1.807) is 0 Å². The third kappa shape index (κ3) is 3.64. The van der Waals surface area contributed by atoms with Crippen LogP contribution in [0.3, 0.4) is 0 Å². The van der Waals surface area contributed by atoms with Crippen molar-refractivity contribution in [2.24, 2.45) is 5.73 Å². The van der Waals surface area contributed by atoms with E-state index in [4.69, 9.17) is 11.5 Å². The second-order valence-corrected chi connectivity index (χ2v) is 3.45. The Kier molecular flexibility index (Phi) is 5.54. The summed E-state index contributed by atoms with van der Waals surface area (Å²) in [5.41, 5.74) is 11.6. The summed E-state index contributed by atoms with van der Waals surface area (Å²) < 4.78 is 26.0. The van der Waals surface area contributed by atoms with Gasteiger partial charge in [-0.3, -0.25) is 0 Å². The summed E-state index contributed by atoms with van der Waals surface area (Å²) in [5.74, 6) is -1.72. The number of nitrogens with two attached hydrogens (primary N) is 2. The van der Waals surface area contributed by atoms with E-state index in [-0.39, 0.29) is 29.7 Å². The predicted molar refractivity (Wildman–Crippen MR) is 60.0 cm³/mol. The Morgan fingerprint density at radius 3 is 2.47 bits per heavy atom. The van der Waals surface area contributed by atoms with Crippen LogP contribution in [0.4, 0.5) is 14.5 Å². The van der Waals surface area contributed by atoms with Crippen molar-refractivity contribution < 1.29 is 8.78 Å². The van der Waals surface area contributed by atoms with E-state index in [9.17, 15) is 8.78 Å². The fraction of sp³-hybridized carbons (Fsp3) is 0.400. The maximum Gasteiger partial charge on any atom is 0.164 e. The standard InChI is InChI=1S/C10H14F2N2.ClH/c1-6(13)2-3-7-9(14)5-4-8(11)10(7)12;/h4-6H,2-3,13-14H2,1H3;1H. The van der Waals surface area contributed by atoms with Crippen molar-refractivity contribution in [3.63, 3.8) is 0 Å². The summed E-state index contributed by atoms with van der Waals surface area (Å²) in [5, 5.41) is 0. The Labute approximate surface area is 94.1 Å². The third-order valence-electron chi connectivity index (χ3n) is 2.08. The molecule has 1 rings (SSSR count). The van der Waals surface area contributed by atoms with Crippen LogP contribution in [0.25, 0.3) is 0 Å². The zero-order valence-corrected chi connectivity index (χ0v) is 9.28. The molecule has 0 aliphatic heterocycles. The molecule has 5 heteroatoms. The van der Waals surface area contributed by atoms with Crippen LogP contribution in [0.2, 0.25) is 0 Å². The topological polar surface area (TPSA) is 52.0 Å². The molecule has 86 valence electrons. The first-order valence-electron chi connectivity index (χ1n) is 4.50. The van der Waals surface area contributed by atoms with E-state index < -0.39 is 11.6 Å². The molecule has 2 nitrogen and oxygen atoms in total. The van der Waals surface area contributed by atoms with E-state index in [2.05, 4.69) is 0 Å². The monoisotopic (exact) mass is 236 g/mol. The summed E-state index contributed by atoms with van der Waals surface area (Å²) in [6.45, 7) is 1.81. The SMILES string of the molecule is CC(N)CCc1c(N)ccc(F)c1F.Cl. The zero-order valence-electron chi connectivity index (χ0n) is 8.47. The molecule has 0 heterocycles. The molecule has 0 aliphatic carbocycles. The smallest absolute Gasteiger partial charge is 0.164 e. The van der Waals surface area contributed by atoms with Crippen LogP contribution in [0.1, 0.15) is 18.9 Å². The molecule has 0 saturated carbocycles. The third-order valence-corrected chi connectivity index (χ3v) is 2.08. The largest absolute Gasteiger partial charge is 0.398 e. The molecule has 1 aromatic rings. The van der Waals surface area contributed by atoms with Gasteiger partial charge in [-0.15, -0.1) is 12.4 Å². The molecule has 0 radical (unpaired) electrons. The quantitative estimate of drug-likeness (QED) is 0.791. The molecule has 0 saturated heterocycles. The summed E-state index contributed by atoms with van der Waals surface area (Å²) >= 11 is 0. The number of rotatable bonds is 3. The predicted octanol–water partition coefficient (Wildman–Crippen LogP) is 2.25. The number of nitrogen functional groups attached to an aromatic ring is 1. The fourth-order valence-corrected chi connectivity index (χ4v) is 1.23. The molecule has 4 N–H and O–H groups in total. The average Bonchev–Trinajstić information content (AvgIpc) is 2.11. The first-order chi connectivity index (χ1) is 6.52. The Morgan fingerprint density at radius 1 is 1.33 bits per heavy atom. The van der Waals surface area contributed by atoms with Gasteiger partial charge < -0.3 is 11.5 Å². The lowest BCUT2D eigenvalue weighted by Gasteiger charge is -2.09. The normalized spacial score (nSPS) is 12.0. The molecule has 0 fully saturated rings. The van der Waals surface area contributed by atoms with Gasteiger partial charge in [-0.25, -0.2) is 8.78 Å². The van der Waals surface area contributed by atoms with Crippen molar-refractivity contribution in [3.8, 4) is 0 Å². The number of hydrogen-bond donors (Lipinski definition) is 2. The van der Waals surface area contributed by atoms with Gasteiger partial charge in [0, 0.05) is 17.3 Å². The Morgan fingerprint density at radius 2 is 1.93 bits per heavy atom. The second kappa shape index (κ2) is 5.88. The summed E-state index contributed by atoms with van der Waals surface area (Å²) in [6, 6.07) is 2.35. The lowest BCUT2D eigenvalue weighted by molar-refractivity contribution is 0.495. The highest BCUT2D eigenvalue weighted by atomic mass is 35.5. The minimum atomic E-state index is -0.862. The lowest BCUT2D eigenvalue weighted by Crippen LogP contribution is -2.16. The van der Waals surface area contributed by atoms with Gasteiger partial charge in [0.25, 0.3) is 0 Å². The second-order valence-electron chi connectivity index (χ2n) is 3.45. The number of anilines is 1. The van der Waals surface area contributed by atoms with Crippen LogP contribution in [-0.2, 0) is 6.42 Å². The van der Waals surface area contributed by atoms with Crippen LogP contribution in [0.15, 0.2) is 12.1 Å². The number of hydrogen-bond acceptors (Lipinski definition) is 2. The summed E-state index contributed by atoms with van der Waals surface area (Å²) in [6.07, 6.45) is 0.956. The highest BCUT2D eigenvalue weighted by Gasteiger charge is 2.11. The van der Waals surface area contributed by atoms with Crippen LogP contribution >= 0.6 is 12.4 Å². The molecule has 0 spiro atoms.